The van der Waals surface area contributed by atoms with Gasteiger partial charge in [0.05, 0.1) is 6.61 Å². The van der Waals surface area contributed by atoms with Gasteiger partial charge < -0.3 is 4.74 Å². The molecule has 1 atom stereocenters. The molecule has 2 heterocycles. The van der Waals surface area contributed by atoms with Crippen molar-refractivity contribution in [3.05, 3.63) is 53.0 Å². The minimum Gasteiger partial charge on any atom is -0.365 e. The van der Waals surface area contributed by atoms with E-state index in [0.717, 1.165) is 6.61 Å². The van der Waals surface area contributed by atoms with E-state index in [0.29, 0.717) is 0 Å². The molecule has 0 saturated carbocycles. The third kappa shape index (κ3) is 1.22. The molecule has 3 rings (SSSR count). The fourth-order valence-electron chi connectivity index (χ4n) is 1.83. The summed E-state index contributed by atoms with van der Waals surface area (Å²) in [7, 11) is 0. The lowest BCUT2D eigenvalue weighted by molar-refractivity contribution is 0.0952. The van der Waals surface area contributed by atoms with Crippen molar-refractivity contribution in [2.45, 2.75) is 11.0 Å². The first-order chi connectivity index (χ1) is 6.95. The minimum atomic E-state index is 0.164. The molecule has 0 aromatic heterocycles. The first-order valence-corrected chi connectivity index (χ1v) is 5.57. The molecule has 2 aliphatic rings. The molecular weight excluding hydrogens is 192 g/mol. The third-order valence-corrected chi connectivity index (χ3v) is 3.51. The second kappa shape index (κ2) is 3.30. The van der Waals surface area contributed by atoms with Gasteiger partial charge in [0.2, 0.25) is 0 Å². The Balaban J connectivity index is 2.11. The van der Waals surface area contributed by atoms with Crippen LogP contribution in [0.3, 0.4) is 0 Å². The monoisotopic (exact) mass is 202 g/mol. The Morgan fingerprint density at radius 2 is 2.21 bits per heavy atom. The Morgan fingerprint density at radius 3 is 3.21 bits per heavy atom. The molecule has 1 unspecified atom stereocenters. The number of rotatable bonds is 0. The van der Waals surface area contributed by atoms with E-state index in [1.54, 1.807) is 11.8 Å². The zero-order chi connectivity index (χ0) is 9.38. The van der Waals surface area contributed by atoms with Crippen LogP contribution in [0.25, 0.3) is 0 Å². The SMILES string of the molecule is C1=CC2=CSc3ccccc3C2OC1. The Kier molecular flexibility index (Phi) is 1.96. The van der Waals surface area contributed by atoms with Gasteiger partial charge in [-0.3, -0.25) is 0 Å². The van der Waals surface area contributed by atoms with Crippen molar-refractivity contribution >= 4 is 11.8 Å². The van der Waals surface area contributed by atoms with Crippen LogP contribution in [0.15, 0.2) is 52.3 Å². The van der Waals surface area contributed by atoms with Crippen LogP contribution < -0.4 is 0 Å². The molecule has 1 aromatic carbocycles. The summed E-state index contributed by atoms with van der Waals surface area (Å²) in [6.07, 6.45) is 4.39. The van der Waals surface area contributed by atoms with Crippen LogP contribution in [0, 0.1) is 0 Å². The second-order valence-corrected chi connectivity index (χ2v) is 4.30. The van der Waals surface area contributed by atoms with Gasteiger partial charge in [-0.05, 0) is 22.6 Å². The zero-order valence-electron chi connectivity index (χ0n) is 7.64. The normalized spacial score (nSPS) is 23.7. The van der Waals surface area contributed by atoms with Crippen LogP contribution >= 0.6 is 11.8 Å². The van der Waals surface area contributed by atoms with Gasteiger partial charge in [-0.1, -0.05) is 42.1 Å². The van der Waals surface area contributed by atoms with Gasteiger partial charge in [-0.2, -0.15) is 0 Å². The second-order valence-electron chi connectivity index (χ2n) is 3.39. The summed E-state index contributed by atoms with van der Waals surface area (Å²) in [5, 5.41) is 2.18. The molecule has 2 aliphatic heterocycles. The Labute approximate surface area is 87.5 Å². The predicted molar refractivity (Wildman–Crippen MR) is 58.2 cm³/mol. The molecular formula is C12H10OS. The molecule has 0 radical (unpaired) electrons. The Morgan fingerprint density at radius 1 is 1.29 bits per heavy atom. The molecule has 0 fully saturated rings. The van der Waals surface area contributed by atoms with E-state index in [2.05, 4.69) is 41.8 Å². The van der Waals surface area contributed by atoms with Crippen LogP contribution in [0.5, 0.6) is 0 Å². The maximum atomic E-state index is 5.74. The number of fused-ring (bicyclic) bond motifs is 3. The first-order valence-electron chi connectivity index (χ1n) is 4.69. The summed E-state index contributed by atoms with van der Waals surface area (Å²) in [6.45, 7) is 0.723. The van der Waals surface area contributed by atoms with E-state index < -0.39 is 0 Å². The quantitative estimate of drug-likeness (QED) is 0.638. The molecule has 0 spiro atoms. The van der Waals surface area contributed by atoms with E-state index in [9.17, 15) is 0 Å². The molecule has 2 heteroatoms. The molecule has 0 bridgehead atoms. The van der Waals surface area contributed by atoms with Crippen LogP contribution in [0.2, 0.25) is 0 Å². The van der Waals surface area contributed by atoms with Crippen molar-refractivity contribution in [1.29, 1.82) is 0 Å². The van der Waals surface area contributed by atoms with Gasteiger partial charge in [-0.25, -0.2) is 0 Å². The highest BCUT2D eigenvalue weighted by molar-refractivity contribution is 8.02. The van der Waals surface area contributed by atoms with Crippen molar-refractivity contribution in [2.24, 2.45) is 0 Å². The highest BCUT2D eigenvalue weighted by atomic mass is 32.2. The lowest BCUT2D eigenvalue weighted by atomic mass is 10.0. The fraction of sp³-hybridized carbons (Fsp3) is 0.167. The van der Waals surface area contributed by atoms with Gasteiger partial charge in [0.1, 0.15) is 6.10 Å². The summed E-state index contributed by atoms with van der Waals surface area (Å²) in [6, 6.07) is 8.45. The molecule has 14 heavy (non-hydrogen) atoms. The van der Waals surface area contributed by atoms with E-state index in [4.69, 9.17) is 4.74 Å². The summed E-state index contributed by atoms with van der Waals surface area (Å²) in [4.78, 5) is 1.32. The lowest BCUT2D eigenvalue weighted by Crippen LogP contribution is -2.13. The summed E-state index contributed by atoms with van der Waals surface area (Å²) < 4.78 is 5.74. The van der Waals surface area contributed by atoms with Gasteiger partial charge in [0.15, 0.2) is 0 Å². The maximum absolute atomic E-state index is 5.74. The fourth-order valence-corrected chi connectivity index (χ4v) is 2.76. The number of hydrogen-bond donors (Lipinski definition) is 0. The van der Waals surface area contributed by atoms with Crippen LogP contribution in [-0.4, -0.2) is 6.61 Å². The minimum absolute atomic E-state index is 0.164. The van der Waals surface area contributed by atoms with E-state index in [1.807, 2.05) is 0 Å². The molecule has 0 saturated heterocycles. The van der Waals surface area contributed by atoms with E-state index >= 15 is 0 Å². The maximum Gasteiger partial charge on any atom is 0.110 e. The number of thioether (sulfide) groups is 1. The number of ether oxygens (including phenoxy) is 1. The van der Waals surface area contributed by atoms with Gasteiger partial charge >= 0.3 is 0 Å². The lowest BCUT2D eigenvalue weighted by Gasteiger charge is -2.27. The van der Waals surface area contributed by atoms with Crippen molar-refractivity contribution in [1.82, 2.24) is 0 Å². The highest BCUT2D eigenvalue weighted by Crippen LogP contribution is 2.42. The number of hydrogen-bond acceptors (Lipinski definition) is 2. The van der Waals surface area contributed by atoms with Gasteiger partial charge in [0, 0.05) is 4.90 Å². The smallest absolute Gasteiger partial charge is 0.110 e. The standard InChI is InChI=1S/C12H10OS/c1-2-6-11-10(5-1)12-9(8-14-11)4-3-7-13-12/h1-6,8,12H,7H2. The van der Waals surface area contributed by atoms with Gasteiger partial charge in [-0.15, -0.1) is 0 Å². The topological polar surface area (TPSA) is 9.23 Å². The summed E-state index contributed by atoms with van der Waals surface area (Å²) >= 11 is 1.78. The van der Waals surface area contributed by atoms with Gasteiger partial charge in [0.25, 0.3) is 0 Å². The van der Waals surface area contributed by atoms with Crippen molar-refractivity contribution in [3.8, 4) is 0 Å². The van der Waals surface area contributed by atoms with Crippen molar-refractivity contribution in [2.75, 3.05) is 6.61 Å². The van der Waals surface area contributed by atoms with Crippen molar-refractivity contribution in [3.63, 3.8) is 0 Å². The molecule has 0 amide bonds. The average molecular weight is 202 g/mol. The van der Waals surface area contributed by atoms with E-state index in [1.165, 1.54) is 16.0 Å². The third-order valence-electron chi connectivity index (χ3n) is 2.50. The number of benzene rings is 1. The van der Waals surface area contributed by atoms with Crippen LogP contribution in [0.4, 0.5) is 0 Å². The molecule has 1 aromatic rings. The Hall–Kier alpha value is -0.990. The summed E-state index contributed by atoms with van der Waals surface area (Å²) in [5.41, 5.74) is 2.58. The first kappa shape index (κ1) is 8.33. The molecule has 70 valence electrons. The molecule has 1 nitrogen and oxygen atoms in total. The average Bonchev–Trinajstić information content (AvgIpc) is 2.29. The largest absolute Gasteiger partial charge is 0.365 e. The summed E-state index contributed by atoms with van der Waals surface area (Å²) in [5.74, 6) is 0. The zero-order valence-corrected chi connectivity index (χ0v) is 8.46. The molecule has 0 aliphatic carbocycles. The molecule has 0 N–H and O–H groups in total. The van der Waals surface area contributed by atoms with Crippen LogP contribution in [-0.2, 0) is 4.74 Å². The Bertz CT molecular complexity index is 420. The van der Waals surface area contributed by atoms with Crippen LogP contribution in [0.1, 0.15) is 11.7 Å². The predicted octanol–water partition coefficient (Wildman–Crippen LogP) is 3.30. The highest BCUT2D eigenvalue weighted by Gasteiger charge is 2.24. The van der Waals surface area contributed by atoms with E-state index in [-0.39, 0.29) is 6.10 Å². The van der Waals surface area contributed by atoms with Crippen molar-refractivity contribution < 1.29 is 4.74 Å².